The van der Waals surface area contributed by atoms with Gasteiger partial charge in [0.25, 0.3) is 0 Å². The van der Waals surface area contributed by atoms with Crippen molar-refractivity contribution in [2.24, 2.45) is 5.92 Å². The fourth-order valence-corrected chi connectivity index (χ4v) is 2.30. The third-order valence-corrected chi connectivity index (χ3v) is 3.20. The van der Waals surface area contributed by atoms with Crippen molar-refractivity contribution in [1.29, 1.82) is 0 Å². The summed E-state index contributed by atoms with van der Waals surface area (Å²) < 4.78 is 4.99. The number of piperidine rings is 1. The van der Waals surface area contributed by atoms with Crippen LogP contribution in [0.4, 0.5) is 0 Å². The summed E-state index contributed by atoms with van der Waals surface area (Å²) in [6, 6.07) is 0. The van der Waals surface area contributed by atoms with E-state index in [1.165, 1.54) is 11.8 Å². The molecule has 1 aliphatic rings. The van der Waals surface area contributed by atoms with Crippen molar-refractivity contribution >= 4 is 23.6 Å². The van der Waals surface area contributed by atoms with Crippen LogP contribution in [0.5, 0.6) is 0 Å². The van der Waals surface area contributed by atoms with Gasteiger partial charge in [0, 0.05) is 13.1 Å². The second-order valence-electron chi connectivity index (χ2n) is 3.86. The van der Waals surface area contributed by atoms with Crippen LogP contribution in [0.25, 0.3) is 0 Å². The van der Waals surface area contributed by atoms with Gasteiger partial charge in [0.05, 0.1) is 18.3 Å². The summed E-state index contributed by atoms with van der Waals surface area (Å²) in [6.45, 7) is 3.51. The van der Waals surface area contributed by atoms with Crippen LogP contribution in [0.15, 0.2) is 0 Å². The Labute approximate surface area is 101 Å². The SMILES string of the molecule is CCOC(=O)[C@H]1CCCN(C(=O)CSC)C1. The molecule has 1 atom stereocenters. The third kappa shape index (κ3) is 3.70. The minimum absolute atomic E-state index is 0.125. The minimum Gasteiger partial charge on any atom is -0.466 e. The van der Waals surface area contributed by atoms with Gasteiger partial charge in [-0.25, -0.2) is 0 Å². The average molecular weight is 245 g/mol. The van der Waals surface area contributed by atoms with Crippen LogP contribution in [-0.2, 0) is 14.3 Å². The number of nitrogens with zero attached hydrogens (tertiary/aromatic N) is 1. The van der Waals surface area contributed by atoms with Crippen LogP contribution in [0.2, 0.25) is 0 Å². The maximum Gasteiger partial charge on any atom is 0.310 e. The topological polar surface area (TPSA) is 46.6 Å². The molecule has 1 saturated heterocycles. The summed E-state index contributed by atoms with van der Waals surface area (Å²) >= 11 is 1.52. The number of likely N-dealkylation sites (tertiary alicyclic amines) is 1. The molecule has 1 amide bonds. The first-order valence-corrected chi connectivity index (χ1v) is 7.01. The van der Waals surface area contributed by atoms with Gasteiger partial charge in [0.1, 0.15) is 0 Å². The fourth-order valence-electron chi connectivity index (χ4n) is 1.87. The molecule has 0 N–H and O–H groups in total. The van der Waals surface area contributed by atoms with Crippen LogP contribution >= 0.6 is 11.8 Å². The van der Waals surface area contributed by atoms with Gasteiger partial charge >= 0.3 is 5.97 Å². The average Bonchev–Trinajstić information content (AvgIpc) is 2.30. The van der Waals surface area contributed by atoms with Crippen LogP contribution in [-0.4, -0.2) is 48.5 Å². The monoisotopic (exact) mass is 245 g/mol. The van der Waals surface area contributed by atoms with E-state index >= 15 is 0 Å². The molecule has 0 spiro atoms. The summed E-state index contributed by atoms with van der Waals surface area (Å²) in [5.74, 6) is 0.334. The normalized spacial score (nSPS) is 20.6. The zero-order valence-electron chi connectivity index (χ0n) is 9.90. The highest BCUT2D eigenvalue weighted by Crippen LogP contribution is 2.18. The zero-order chi connectivity index (χ0) is 12.0. The Morgan fingerprint density at radius 2 is 2.25 bits per heavy atom. The highest BCUT2D eigenvalue weighted by molar-refractivity contribution is 7.99. The van der Waals surface area contributed by atoms with Gasteiger partial charge in [-0.15, -0.1) is 0 Å². The summed E-state index contributed by atoms with van der Waals surface area (Å²) in [5.41, 5.74) is 0. The van der Waals surface area contributed by atoms with Crippen molar-refractivity contribution in [1.82, 2.24) is 4.90 Å². The molecule has 92 valence electrons. The Balaban J connectivity index is 2.46. The van der Waals surface area contributed by atoms with Gasteiger partial charge in [0.2, 0.25) is 5.91 Å². The Hall–Kier alpha value is -0.710. The van der Waals surface area contributed by atoms with Crippen molar-refractivity contribution in [3.63, 3.8) is 0 Å². The summed E-state index contributed by atoms with van der Waals surface area (Å²) in [7, 11) is 0. The molecule has 1 rings (SSSR count). The van der Waals surface area contributed by atoms with Crippen LogP contribution < -0.4 is 0 Å². The van der Waals surface area contributed by atoms with E-state index < -0.39 is 0 Å². The van der Waals surface area contributed by atoms with E-state index in [1.54, 1.807) is 11.8 Å². The summed E-state index contributed by atoms with van der Waals surface area (Å²) in [5, 5.41) is 0. The molecule has 1 aliphatic heterocycles. The molecule has 0 unspecified atom stereocenters. The van der Waals surface area contributed by atoms with E-state index in [-0.39, 0.29) is 17.8 Å². The van der Waals surface area contributed by atoms with Gasteiger partial charge < -0.3 is 9.64 Å². The van der Waals surface area contributed by atoms with E-state index in [0.717, 1.165) is 19.4 Å². The molecule has 5 heteroatoms. The lowest BCUT2D eigenvalue weighted by Gasteiger charge is -2.31. The molecule has 0 saturated carbocycles. The van der Waals surface area contributed by atoms with Crippen molar-refractivity contribution < 1.29 is 14.3 Å². The number of carbonyl (C=O) groups excluding carboxylic acids is 2. The molecule has 4 nitrogen and oxygen atoms in total. The molecule has 1 fully saturated rings. The maximum atomic E-state index is 11.7. The molecule has 1 heterocycles. The second kappa shape index (κ2) is 6.78. The van der Waals surface area contributed by atoms with E-state index in [2.05, 4.69) is 0 Å². The minimum atomic E-state index is -0.163. The quantitative estimate of drug-likeness (QED) is 0.697. The molecule has 0 radical (unpaired) electrons. The van der Waals surface area contributed by atoms with Gasteiger partial charge in [-0.1, -0.05) is 0 Å². The molecule has 0 bridgehead atoms. The number of amides is 1. The third-order valence-electron chi connectivity index (χ3n) is 2.66. The number of hydrogen-bond donors (Lipinski definition) is 0. The maximum absolute atomic E-state index is 11.7. The van der Waals surface area contributed by atoms with Crippen LogP contribution in [0, 0.1) is 5.92 Å². The zero-order valence-corrected chi connectivity index (χ0v) is 10.7. The number of esters is 1. The number of carbonyl (C=O) groups is 2. The molecular formula is C11H19NO3S. The highest BCUT2D eigenvalue weighted by Gasteiger charge is 2.28. The van der Waals surface area contributed by atoms with Gasteiger partial charge in [0.15, 0.2) is 0 Å². The smallest absolute Gasteiger partial charge is 0.310 e. The number of rotatable bonds is 4. The van der Waals surface area contributed by atoms with E-state index in [0.29, 0.717) is 18.9 Å². The predicted octanol–water partition coefficient (Wildman–Crippen LogP) is 1.15. The van der Waals surface area contributed by atoms with Crippen molar-refractivity contribution in [2.45, 2.75) is 19.8 Å². The van der Waals surface area contributed by atoms with Crippen LogP contribution in [0.3, 0.4) is 0 Å². The highest BCUT2D eigenvalue weighted by atomic mass is 32.2. The first-order valence-electron chi connectivity index (χ1n) is 5.62. The Kier molecular flexibility index (Phi) is 5.66. The van der Waals surface area contributed by atoms with Gasteiger partial charge in [-0.05, 0) is 26.0 Å². The fraction of sp³-hybridized carbons (Fsp3) is 0.818. The number of ether oxygens (including phenoxy) is 1. The number of hydrogen-bond acceptors (Lipinski definition) is 4. The molecule has 0 aromatic heterocycles. The molecular weight excluding hydrogens is 226 g/mol. The number of thioether (sulfide) groups is 1. The lowest BCUT2D eigenvalue weighted by molar-refractivity contribution is -0.151. The molecule has 0 aromatic rings. The standard InChI is InChI=1S/C11H19NO3S/c1-3-15-11(14)9-5-4-6-12(7-9)10(13)8-16-2/h9H,3-8H2,1-2H3/t9-/m0/s1. The second-order valence-corrected chi connectivity index (χ2v) is 4.73. The lowest BCUT2D eigenvalue weighted by atomic mass is 9.98. The Bertz CT molecular complexity index is 234. The molecule has 0 aliphatic carbocycles. The summed E-state index contributed by atoms with van der Waals surface area (Å²) in [4.78, 5) is 25.0. The van der Waals surface area contributed by atoms with Gasteiger partial charge in [-0.2, -0.15) is 11.8 Å². The molecule has 16 heavy (non-hydrogen) atoms. The predicted molar refractivity (Wildman–Crippen MR) is 64.3 cm³/mol. The van der Waals surface area contributed by atoms with Crippen molar-refractivity contribution in [2.75, 3.05) is 31.7 Å². The van der Waals surface area contributed by atoms with Crippen molar-refractivity contribution in [3.8, 4) is 0 Å². The first kappa shape index (κ1) is 13.4. The summed E-state index contributed by atoms with van der Waals surface area (Å²) in [6.07, 6.45) is 3.64. The molecule has 0 aromatic carbocycles. The van der Waals surface area contributed by atoms with E-state index in [4.69, 9.17) is 4.74 Å². The van der Waals surface area contributed by atoms with Crippen LogP contribution in [0.1, 0.15) is 19.8 Å². The largest absolute Gasteiger partial charge is 0.466 e. The Morgan fingerprint density at radius 3 is 2.88 bits per heavy atom. The van der Waals surface area contributed by atoms with E-state index in [9.17, 15) is 9.59 Å². The lowest BCUT2D eigenvalue weighted by Crippen LogP contribution is -2.43. The van der Waals surface area contributed by atoms with E-state index in [1.807, 2.05) is 6.26 Å². The van der Waals surface area contributed by atoms with Crippen molar-refractivity contribution in [3.05, 3.63) is 0 Å². The first-order chi connectivity index (χ1) is 7.69. The Morgan fingerprint density at radius 1 is 1.50 bits per heavy atom. The van der Waals surface area contributed by atoms with Gasteiger partial charge in [-0.3, -0.25) is 9.59 Å².